The largest absolute Gasteiger partial charge is 0.356 e. The molecule has 5 heteroatoms. The van der Waals surface area contributed by atoms with Gasteiger partial charge in [-0.3, -0.25) is 14.5 Å². The van der Waals surface area contributed by atoms with Crippen LogP contribution in [0.4, 0.5) is 0 Å². The Morgan fingerprint density at radius 1 is 1.11 bits per heavy atom. The minimum absolute atomic E-state index is 0.0740. The van der Waals surface area contributed by atoms with E-state index in [1.54, 1.807) is 0 Å². The van der Waals surface area contributed by atoms with Gasteiger partial charge in [0, 0.05) is 51.5 Å². The fourth-order valence-electron chi connectivity index (χ4n) is 4.70. The van der Waals surface area contributed by atoms with Crippen molar-refractivity contribution in [2.24, 2.45) is 5.41 Å². The third-order valence-corrected chi connectivity index (χ3v) is 6.30. The second-order valence-corrected chi connectivity index (χ2v) is 9.01. The van der Waals surface area contributed by atoms with Gasteiger partial charge in [-0.15, -0.1) is 0 Å². The summed E-state index contributed by atoms with van der Waals surface area (Å²) >= 11 is 0. The standard InChI is InChI=1S/C23H35N3O2/c1-18(2)21-7-5-20(6-8-21)15-25-13-4-10-23(16-25)11-14-26(17-23)22(28)9-12-24-19(3)27/h5-8,18H,4,9-17H2,1-3H3,(H,24,27)/t23-/m1/s1. The molecule has 1 spiro atoms. The van der Waals surface area contributed by atoms with Crippen molar-refractivity contribution in [3.8, 4) is 0 Å². The van der Waals surface area contributed by atoms with Crippen LogP contribution >= 0.6 is 0 Å². The summed E-state index contributed by atoms with van der Waals surface area (Å²) in [6.07, 6.45) is 3.92. The minimum Gasteiger partial charge on any atom is -0.356 e. The van der Waals surface area contributed by atoms with Crippen molar-refractivity contribution in [1.82, 2.24) is 15.1 Å². The van der Waals surface area contributed by atoms with Crippen molar-refractivity contribution in [2.45, 2.75) is 58.9 Å². The number of carbonyl (C=O) groups is 2. The molecule has 2 heterocycles. The highest BCUT2D eigenvalue weighted by atomic mass is 16.2. The molecular formula is C23H35N3O2. The van der Waals surface area contributed by atoms with Crippen LogP contribution in [-0.2, 0) is 16.1 Å². The topological polar surface area (TPSA) is 52.7 Å². The number of nitrogens with one attached hydrogen (secondary N) is 1. The van der Waals surface area contributed by atoms with Crippen molar-refractivity contribution in [3.05, 3.63) is 35.4 Å². The summed E-state index contributed by atoms with van der Waals surface area (Å²) in [5.41, 5.74) is 3.02. The average molecular weight is 386 g/mol. The van der Waals surface area contributed by atoms with Gasteiger partial charge in [0.15, 0.2) is 0 Å². The molecule has 3 rings (SSSR count). The number of nitrogens with zero attached hydrogens (tertiary/aromatic N) is 2. The Hall–Kier alpha value is -1.88. The van der Waals surface area contributed by atoms with Gasteiger partial charge in [-0.25, -0.2) is 0 Å². The van der Waals surface area contributed by atoms with E-state index in [4.69, 9.17) is 0 Å². The first-order chi connectivity index (χ1) is 13.4. The van der Waals surface area contributed by atoms with Crippen LogP contribution in [0.3, 0.4) is 0 Å². The Morgan fingerprint density at radius 3 is 2.54 bits per heavy atom. The smallest absolute Gasteiger partial charge is 0.224 e. The van der Waals surface area contributed by atoms with Gasteiger partial charge in [0.2, 0.25) is 11.8 Å². The SMILES string of the molecule is CC(=O)NCCC(=O)N1CC[C@@]2(CCCN(Cc3ccc(C(C)C)cc3)C2)C1. The van der Waals surface area contributed by atoms with Crippen LogP contribution < -0.4 is 5.32 Å². The normalized spacial score (nSPS) is 22.8. The molecule has 154 valence electrons. The summed E-state index contributed by atoms with van der Waals surface area (Å²) < 4.78 is 0. The quantitative estimate of drug-likeness (QED) is 0.818. The third-order valence-electron chi connectivity index (χ3n) is 6.30. The summed E-state index contributed by atoms with van der Waals surface area (Å²) in [5, 5.41) is 2.72. The van der Waals surface area contributed by atoms with E-state index in [1.165, 1.54) is 30.9 Å². The van der Waals surface area contributed by atoms with E-state index >= 15 is 0 Å². The maximum Gasteiger partial charge on any atom is 0.224 e. The number of piperidine rings is 1. The zero-order chi connectivity index (χ0) is 20.1. The predicted molar refractivity (Wildman–Crippen MR) is 112 cm³/mol. The molecule has 0 saturated carbocycles. The molecule has 1 atom stereocenters. The maximum absolute atomic E-state index is 12.5. The molecule has 2 amide bonds. The van der Waals surface area contributed by atoms with Crippen molar-refractivity contribution in [1.29, 1.82) is 0 Å². The lowest BCUT2D eigenvalue weighted by molar-refractivity contribution is -0.130. The Kier molecular flexibility index (Phi) is 6.76. The van der Waals surface area contributed by atoms with E-state index in [9.17, 15) is 9.59 Å². The summed E-state index contributed by atoms with van der Waals surface area (Å²) in [7, 11) is 0. The lowest BCUT2D eigenvalue weighted by Gasteiger charge is -2.40. The van der Waals surface area contributed by atoms with Crippen LogP contribution in [0.2, 0.25) is 0 Å². The van der Waals surface area contributed by atoms with Gasteiger partial charge >= 0.3 is 0 Å². The summed E-state index contributed by atoms with van der Waals surface area (Å²) in [6.45, 7) is 11.3. The molecule has 0 aliphatic carbocycles. The molecule has 1 aromatic carbocycles. The fraction of sp³-hybridized carbons (Fsp3) is 0.652. The Labute approximate surface area is 169 Å². The van der Waals surface area contributed by atoms with Crippen LogP contribution in [0.15, 0.2) is 24.3 Å². The number of carbonyl (C=O) groups excluding carboxylic acids is 2. The van der Waals surface area contributed by atoms with E-state index in [1.807, 2.05) is 4.90 Å². The molecular weight excluding hydrogens is 350 g/mol. The monoisotopic (exact) mass is 385 g/mol. The van der Waals surface area contributed by atoms with Gasteiger partial charge < -0.3 is 10.2 Å². The second kappa shape index (κ2) is 9.08. The molecule has 2 aliphatic heterocycles. The molecule has 0 unspecified atom stereocenters. The van der Waals surface area contributed by atoms with Crippen molar-refractivity contribution in [2.75, 3.05) is 32.7 Å². The number of likely N-dealkylation sites (tertiary alicyclic amines) is 2. The second-order valence-electron chi connectivity index (χ2n) is 9.01. The highest BCUT2D eigenvalue weighted by molar-refractivity contribution is 5.78. The van der Waals surface area contributed by atoms with Crippen LogP contribution in [-0.4, -0.2) is 54.3 Å². The lowest BCUT2D eigenvalue weighted by atomic mass is 9.79. The summed E-state index contributed by atoms with van der Waals surface area (Å²) in [5.74, 6) is 0.669. The molecule has 5 nitrogen and oxygen atoms in total. The number of rotatable bonds is 6. The van der Waals surface area contributed by atoms with Gasteiger partial charge in [0.1, 0.15) is 0 Å². The minimum atomic E-state index is -0.0740. The summed E-state index contributed by atoms with van der Waals surface area (Å²) in [4.78, 5) is 28.0. The Balaban J connectivity index is 1.52. The molecule has 2 saturated heterocycles. The molecule has 1 N–H and O–H groups in total. The van der Waals surface area contributed by atoms with E-state index in [0.717, 1.165) is 39.1 Å². The first kappa shape index (κ1) is 20.8. The fourth-order valence-corrected chi connectivity index (χ4v) is 4.70. The van der Waals surface area contributed by atoms with Gasteiger partial charge in [0.05, 0.1) is 0 Å². The number of hydrogen-bond acceptors (Lipinski definition) is 3. The van der Waals surface area contributed by atoms with E-state index in [-0.39, 0.29) is 17.2 Å². The van der Waals surface area contributed by atoms with Crippen LogP contribution in [0.5, 0.6) is 0 Å². The van der Waals surface area contributed by atoms with Crippen molar-refractivity contribution < 1.29 is 9.59 Å². The molecule has 28 heavy (non-hydrogen) atoms. The molecule has 2 fully saturated rings. The van der Waals surface area contributed by atoms with Gasteiger partial charge in [0.25, 0.3) is 0 Å². The zero-order valence-electron chi connectivity index (χ0n) is 17.7. The van der Waals surface area contributed by atoms with Gasteiger partial charge in [-0.05, 0) is 42.9 Å². The Bertz CT molecular complexity index is 686. The molecule has 2 aliphatic rings. The highest BCUT2D eigenvalue weighted by Crippen LogP contribution is 2.39. The van der Waals surface area contributed by atoms with Crippen molar-refractivity contribution >= 4 is 11.8 Å². The highest BCUT2D eigenvalue weighted by Gasteiger charge is 2.42. The number of hydrogen-bond donors (Lipinski definition) is 1. The molecule has 1 aromatic rings. The Morgan fingerprint density at radius 2 is 1.86 bits per heavy atom. The molecule has 0 radical (unpaired) electrons. The number of amides is 2. The first-order valence-corrected chi connectivity index (χ1v) is 10.7. The number of benzene rings is 1. The summed E-state index contributed by atoms with van der Waals surface area (Å²) in [6, 6.07) is 9.04. The lowest BCUT2D eigenvalue weighted by Crippen LogP contribution is -2.45. The average Bonchev–Trinajstić information content (AvgIpc) is 3.05. The third kappa shape index (κ3) is 5.34. The maximum atomic E-state index is 12.5. The van der Waals surface area contributed by atoms with E-state index in [2.05, 4.69) is 48.3 Å². The van der Waals surface area contributed by atoms with Gasteiger partial charge in [-0.2, -0.15) is 0 Å². The van der Waals surface area contributed by atoms with E-state index < -0.39 is 0 Å². The van der Waals surface area contributed by atoms with Gasteiger partial charge in [-0.1, -0.05) is 38.1 Å². The van der Waals surface area contributed by atoms with Crippen molar-refractivity contribution in [3.63, 3.8) is 0 Å². The van der Waals surface area contributed by atoms with Crippen LogP contribution in [0.1, 0.15) is 63.5 Å². The molecule has 0 aromatic heterocycles. The van der Waals surface area contributed by atoms with Crippen LogP contribution in [0, 0.1) is 5.41 Å². The first-order valence-electron chi connectivity index (χ1n) is 10.7. The molecule has 0 bridgehead atoms. The van der Waals surface area contributed by atoms with E-state index in [0.29, 0.717) is 18.9 Å². The zero-order valence-corrected chi connectivity index (χ0v) is 17.7. The predicted octanol–water partition coefficient (Wildman–Crippen LogP) is 3.15. The van der Waals surface area contributed by atoms with Crippen LogP contribution in [0.25, 0.3) is 0 Å².